The van der Waals surface area contributed by atoms with Crippen LogP contribution in [0.3, 0.4) is 0 Å². The van der Waals surface area contributed by atoms with E-state index in [1.165, 1.54) is 135 Å². The zero-order valence-electron chi connectivity index (χ0n) is 46.5. The molecule has 0 saturated carbocycles. The molecule has 71 heavy (non-hydrogen) atoms. The first-order valence-electron chi connectivity index (χ1n) is 30.3. The predicted octanol–water partition coefficient (Wildman–Crippen LogP) is 17.2. The van der Waals surface area contributed by atoms with Gasteiger partial charge in [-0.05, 0) is 96.3 Å². The molecule has 2 fully saturated rings. The highest BCUT2D eigenvalue weighted by molar-refractivity contribution is 5.71. The van der Waals surface area contributed by atoms with Crippen LogP contribution in [-0.2, 0) is 38.1 Å². The standard InChI is InChI=1S/C60H108O8.C2H4O/c1-4-7-10-13-16-19-22-25-28-31-34-37-40-43-46-49-56(62)66-54(52-61)59-60(68-58(64)51-48-45-42-39-36-33-30-27-24-21-18-15-12-9-6-3)55(53-65-59)67-57(63)50-47-44-41-38-35-32-29-26-23-20-17-14-11-8-5-2;1-2-3-1/h25-30,54-55,59-61H,4-24,31-53H2,1-3H3;1-2H2/b28-25-,29-26-,30-27-;/t54-,55+,59-,60-;/m1./s1. The van der Waals surface area contributed by atoms with Gasteiger partial charge in [-0.15, -0.1) is 0 Å². The summed E-state index contributed by atoms with van der Waals surface area (Å²) in [6, 6.07) is 0. The summed E-state index contributed by atoms with van der Waals surface area (Å²) in [5.74, 6) is -1.15. The molecule has 414 valence electrons. The molecule has 2 aliphatic rings. The van der Waals surface area contributed by atoms with E-state index in [-0.39, 0.29) is 31.8 Å². The second-order valence-electron chi connectivity index (χ2n) is 20.6. The molecule has 4 atom stereocenters. The predicted molar refractivity (Wildman–Crippen MR) is 296 cm³/mol. The van der Waals surface area contributed by atoms with Crippen LogP contribution in [0.4, 0.5) is 0 Å². The number of carbonyl (C=O) groups is 3. The van der Waals surface area contributed by atoms with E-state index in [0.717, 1.165) is 116 Å². The molecule has 0 aromatic heterocycles. The summed E-state index contributed by atoms with van der Waals surface area (Å²) in [6.45, 7) is 8.30. The lowest BCUT2D eigenvalue weighted by Crippen LogP contribution is -2.46. The van der Waals surface area contributed by atoms with E-state index < -0.39 is 43.0 Å². The topological polar surface area (TPSA) is 121 Å². The van der Waals surface area contributed by atoms with E-state index in [1.54, 1.807) is 0 Å². The number of aliphatic hydroxyl groups excluding tert-OH is 1. The first kappa shape index (κ1) is 66.5. The summed E-state index contributed by atoms with van der Waals surface area (Å²) >= 11 is 0. The fourth-order valence-corrected chi connectivity index (χ4v) is 9.06. The van der Waals surface area contributed by atoms with Crippen molar-refractivity contribution in [3.63, 3.8) is 0 Å². The third-order valence-electron chi connectivity index (χ3n) is 13.7. The number of rotatable bonds is 50. The first-order valence-corrected chi connectivity index (χ1v) is 30.3. The molecular weight excluding hydrogens is 889 g/mol. The van der Waals surface area contributed by atoms with Gasteiger partial charge in [-0.3, -0.25) is 14.4 Å². The van der Waals surface area contributed by atoms with Crippen molar-refractivity contribution in [2.24, 2.45) is 0 Å². The quantitative estimate of drug-likeness (QED) is 0.0209. The molecular formula is C62H112O9. The van der Waals surface area contributed by atoms with Gasteiger partial charge in [0.05, 0.1) is 26.4 Å². The minimum absolute atomic E-state index is 0.0103. The van der Waals surface area contributed by atoms with Crippen LogP contribution in [-0.4, -0.2) is 73.9 Å². The molecule has 0 radical (unpaired) electrons. The molecule has 0 unspecified atom stereocenters. The normalized spacial score (nSPS) is 17.0. The maximum absolute atomic E-state index is 13.2. The van der Waals surface area contributed by atoms with Crippen LogP contribution in [0.2, 0.25) is 0 Å². The van der Waals surface area contributed by atoms with Crippen LogP contribution in [0.25, 0.3) is 0 Å². The Morgan fingerprint density at radius 2 is 0.732 bits per heavy atom. The second kappa shape index (κ2) is 52.4. The highest BCUT2D eigenvalue weighted by Gasteiger charge is 2.47. The minimum Gasteiger partial charge on any atom is -0.457 e. The van der Waals surface area contributed by atoms with Crippen LogP contribution in [0, 0.1) is 0 Å². The number of epoxide rings is 1. The van der Waals surface area contributed by atoms with E-state index in [4.69, 9.17) is 18.9 Å². The van der Waals surface area contributed by atoms with Crippen molar-refractivity contribution in [2.75, 3.05) is 26.4 Å². The van der Waals surface area contributed by atoms with Gasteiger partial charge in [0, 0.05) is 19.3 Å². The number of carbonyl (C=O) groups excluding carboxylic acids is 3. The average molecular weight is 1000 g/mol. The Hall–Kier alpha value is -2.49. The third-order valence-corrected chi connectivity index (χ3v) is 13.7. The van der Waals surface area contributed by atoms with Gasteiger partial charge in [0.25, 0.3) is 0 Å². The van der Waals surface area contributed by atoms with E-state index in [9.17, 15) is 19.5 Å². The molecule has 2 saturated heterocycles. The van der Waals surface area contributed by atoms with Gasteiger partial charge in [-0.1, -0.05) is 211 Å². The fourth-order valence-electron chi connectivity index (χ4n) is 9.06. The lowest BCUT2D eigenvalue weighted by Gasteiger charge is -2.28. The van der Waals surface area contributed by atoms with Crippen molar-refractivity contribution in [3.8, 4) is 0 Å². The summed E-state index contributed by atoms with van der Waals surface area (Å²) < 4.78 is 28.1. The van der Waals surface area contributed by atoms with Crippen LogP contribution in [0.15, 0.2) is 36.5 Å². The molecule has 0 bridgehead atoms. The second-order valence-corrected chi connectivity index (χ2v) is 20.6. The van der Waals surface area contributed by atoms with Crippen LogP contribution in [0.1, 0.15) is 290 Å². The smallest absolute Gasteiger partial charge is 0.306 e. The van der Waals surface area contributed by atoms with Gasteiger partial charge in [-0.25, -0.2) is 0 Å². The van der Waals surface area contributed by atoms with Crippen molar-refractivity contribution >= 4 is 17.9 Å². The molecule has 9 nitrogen and oxygen atoms in total. The molecule has 0 amide bonds. The third kappa shape index (κ3) is 44.7. The Morgan fingerprint density at radius 1 is 0.437 bits per heavy atom. The Balaban J connectivity index is 0.00000806. The SMILES string of the molecule is C1CO1.CCCCCCCC/C=C\CCCCCCCC(=O)O[C@H]1[C@@H]([C@@H](CO)OC(=O)CCCCCCC/C=C\CCCCCCCC)OC[C@@H]1OC(=O)CCCCCCC/C=C\CCCCCCCC. The summed E-state index contributed by atoms with van der Waals surface area (Å²) in [7, 11) is 0. The highest BCUT2D eigenvalue weighted by atomic mass is 16.6. The Bertz CT molecular complexity index is 1270. The number of allylic oxidation sites excluding steroid dienone is 6. The van der Waals surface area contributed by atoms with Crippen LogP contribution >= 0.6 is 0 Å². The van der Waals surface area contributed by atoms with Gasteiger partial charge in [0.15, 0.2) is 18.3 Å². The van der Waals surface area contributed by atoms with Crippen molar-refractivity contribution < 1.29 is 43.2 Å². The number of hydrogen-bond donors (Lipinski definition) is 1. The molecule has 9 heteroatoms. The molecule has 0 aromatic rings. The van der Waals surface area contributed by atoms with Crippen molar-refractivity contribution in [2.45, 2.75) is 315 Å². The Kier molecular flexibility index (Phi) is 49.1. The van der Waals surface area contributed by atoms with Gasteiger partial charge in [-0.2, -0.15) is 0 Å². The van der Waals surface area contributed by atoms with Crippen LogP contribution < -0.4 is 0 Å². The molecule has 2 aliphatic heterocycles. The largest absolute Gasteiger partial charge is 0.457 e. The summed E-state index contributed by atoms with van der Waals surface area (Å²) in [4.78, 5) is 39.3. The lowest BCUT2D eigenvalue weighted by molar-refractivity contribution is -0.175. The Morgan fingerprint density at radius 3 is 1.06 bits per heavy atom. The number of hydrogen-bond acceptors (Lipinski definition) is 9. The number of aliphatic hydroxyl groups is 1. The number of esters is 3. The molecule has 0 aliphatic carbocycles. The van der Waals surface area contributed by atoms with E-state index >= 15 is 0 Å². The lowest BCUT2D eigenvalue weighted by atomic mass is 10.1. The molecule has 1 N–H and O–H groups in total. The fraction of sp³-hybridized carbons (Fsp3) is 0.855. The number of ether oxygens (including phenoxy) is 5. The molecule has 2 heterocycles. The molecule has 2 rings (SSSR count). The summed E-state index contributed by atoms with van der Waals surface area (Å²) in [5.41, 5.74) is 0. The number of unbranched alkanes of at least 4 members (excludes halogenated alkanes) is 33. The van der Waals surface area contributed by atoms with Crippen molar-refractivity contribution in [3.05, 3.63) is 36.5 Å². The van der Waals surface area contributed by atoms with Crippen molar-refractivity contribution in [1.29, 1.82) is 0 Å². The summed E-state index contributed by atoms with van der Waals surface area (Å²) in [5, 5.41) is 10.4. The van der Waals surface area contributed by atoms with E-state index in [2.05, 4.69) is 62.0 Å². The zero-order valence-corrected chi connectivity index (χ0v) is 46.5. The maximum Gasteiger partial charge on any atom is 0.306 e. The summed E-state index contributed by atoms with van der Waals surface area (Å²) in [6.07, 6.45) is 56.9. The van der Waals surface area contributed by atoms with E-state index in [1.807, 2.05) is 0 Å². The van der Waals surface area contributed by atoms with Gasteiger partial charge >= 0.3 is 17.9 Å². The minimum atomic E-state index is -1.03. The molecule has 0 spiro atoms. The van der Waals surface area contributed by atoms with Gasteiger partial charge < -0.3 is 28.8 Å². The molecule has 0 aromatic carbocycles. The van der Waals surface area contributed by atoms with Crippen molar-refractivity contribution in [1.82, 2.24) is 0 Å². The first-order chi connectivity index (χ1) is 35.0. The van der Waals surface area contributed by atoms with E-state index in [0.29, 0.717) is 12.8 Å². The van der Waals surface area contributed by atoms with Gasteiger partial charge in [0.2, 0.25) is 0 Å². The van der Waals surface area contributed by atoms with Gasteiger partial charge in [0.1, 0.15) is 6.10 Å². The highest BCUT2D eigenvalue weighted by Crippen LogP contribution is 2.27. The maximum atomic E-state index is 13.2. The Labute approximate surface area is 437 Å². The average Bonchev–Trinajstić information content (AvgIpc) is 4.22. The zero-order chi connectivity index (χ0) is 51.3. The monoisotopic (exact) mass is 1000 g/mol. The van der Waals surface area contributed by atoms with Crippen LogP contribution in [0.5, 0.6) is 0 Å².